The van der Waals surface area contributed by atoms with E-state index in [1.54, 1.807) is 0 Å². The second-order valence-electron chi connectivity index (χ2n) is 6.20. The fourth-order valence-corrected chi connectivity index (χ4v) is 3.47. The number of aromatic nitrogens is 2. The van der Waals surface area contributed by atoms with E-state index >= 15 is 0 Å². The van der Waals surface area contributed by atoms with Gasteiger partial charge in [-0.05, 0) is 47.0 Å². The van der Waals surface area contributed by atoms with Crippen molar-refractivity contribution in [1.29, 1.82) is 0 Å². The molecule has 5 nitrogen and oxygen atoms in total. The molecule has 21 heavy (non-hydrogen) atoms. The molecule has 0 aromatic carbocycles. The molecule has 1 heterocycles. The maximum Gasteiger partial charge on any atom is 0.326 e. The fourth-order valence-electron chi connectivity index (χ4n) is 3.35. The Morgan fingerprint density at radius 1 is 1.52 bits per heavy atom. The normalized spacial score (nSPS) is 25.6. The van der Waals surface area contributed by atoms with E-state index in [0.29, 0.717) is 11.4 Å². The summed E-state index contributed by atoms with van der Waals surface area (Å²) >= 11 is 6.23. The van der Waals surface area contributed by atoms with Crippen molar-refractivity contribution in [2.24, 2.45) is 0 Å². The summed E-state index contributed by atoms with van der Waals surface area (Å²) in [6.07, 6.45) is 2.31. The molecule has 0 amide bonds. The highest BCUT2D eigenvalue weighted by molar-refractivity contribution is 6.31. The number of ether oxygens (including phenoxy) is 1. The van der Waals surface area contributed by atoms with Crippen LogP contribution in [0.2, 0.25) is 5.02 Å². The van der Waals surface area contributed by atoms with Crippen LogP contribution in [-0.4, -0.2) is 34.4 Å². The van der Waals surface area contributed by atoms with Crippen LogP contribution in [0.1, 0.15) is 50.5 Å². The van der Waals surface area contributed by atoms with Gasteiger partial charge < -0.3 is 4.74 Å². The van der Waals surface area contributed by atoms with Crippen LogP contribution in [-0.2, 0) is 9.53 Å². The Kier molecular flexibility index (Phi) is 4.63. The van der Waals surface area contributed by atoms with Gasteiger partial charge in [-0.15, -0.1) is 0 Å². The minimum Gasteiger partial charge on any atom is -0.468 e. The number of halogens is 1. The molecule has 1 fully saturated rings. The third-order valence-electron chi connectivity index (χ3n) is 4.21. The van der Waals surface area contributed by atoms with Gasteiger partial charge in [0.1, 0.15) is 5.54 Å². The fraction of sp³-hybridized carbons (Fsp3) is 0.733. The highest BCUT2D eigenvalue weighted by Crippen LogP contribution is 2.40. The number of methoxy groups -OCH3 is 1. The Hall–Kier alpha value is -1.07. The highest BCUT2D eigenvalue weighted by atomic mass is 35.5. The topological polar surface area (TPSA) is 56.1 Å². The highest BCUT2D eigenvalue weighted by Gasteiger charge is 2.47. The second kappa shape index (κ2) is 5.97. The summed E-state index contributed by atoms with van der Waals surface area (Å²) in [6.45, 7) is 7.95. The van der Waals surface area contributed by atoms with Gasteiger partial charge in [0.05, 0.1) is 29.6 Å². The van der Waals surface area contributed by atoms with Crippen molar-refractivity contribution in [3.8, 4) is 0 Å². The van der Waals surface area contributed by atoms with Gasteiger partial charge in [-0.2, -0.15) is 5.10 Å². The summed E-state index contributed by atoms with van der Waals surface area (Å²) < 4.78 is 6.99. The third-order valence-corrected chi connectivity index (χ3v) is 4.76. The number of nitrogens with zero attached hydrogens (tertiary/aromatic N) is 2. The largest absolute Gasteiger partial charge is 0.468 e. The molecule has 2 unspecified atom stereocenters. The first-order valence-corrected chi connectivity index (χ1v) is 7.76. The lowest BCUT2D eigenvalue weighted by molar-refractivity contribution is -0.148. The summed E-state index contributed by atoms with van der Waals surface area (Å²) in [5, 5.41) is 8.63. The lowest BCUT2D eigenvalue weighted by Gasteiger charge is -2.30. The lowest BCUT2D eigenvalue weighted by atomic mass is 9.96. The molecule has 1 saturated carbocycles. The van der Waals surface area contributed by atoms with Gasteiger partial charge >= 0.3 is 5.97 Å². The van der Waals surface area contributed by atoms with Crippen molar-refractivity contribution in [3.63, 3.8) is 0 Å². The molecule has 1 aromatic rings. The second-order valence-corrected chi connectivity index (χ2v) is 6.58. The Labute approximate surface area is 131 Å². The Bertz CT molecular complexity index is 541. The van der Waals surface area contributed by atoms with Gasteiger partial charge in [-0.3, -0.25) is 14.8 Å². The van der Waals surface area contributed by atoms with Gasteiger partial charge in [0.15, 0.2) is 0 Å². The number of nitrogens with one attached hydrogen (secondary N) is 1. The van der Waals surface area contributed by atoms with Gasteiger partial charge in [0, 0.05) is 6.04 Å². The molecule has 118 valence electrons. The molecule has 1 aliphatic carbocycles. The first kappa shape index (κ1) is 16.3. The number of carbonyl (C=O) groups is 1. The Morgan fingerprint density at radius 2 is 2.19 bits per heavy atom. The maximum absolute atomic E-state index is 12.3. The van der Waals surface area contributed by atoms with Crippen LogP contribution in [0, 0.1) is 13.8 Å². The molecule has 0 spiro atoms. The zero-order valence-electron chi connectivity index (χ0n) is 13.4. The summed E-state index contributed by atoms with van der Waals surface area (Å²) in [6, 6.07) is 0.383. The van der Waals surface area contributed by atoms with Crippen molar-refractivity contribution in [1.82, 2.24) is 15.1 Å². The molecule has 1 aliphatic rings. The predicted molar refractivity (Wildman–Crippen MR) is 82.6 cm³/mol. The van der Waals surface area contributed by atoms with Crippen LogP contribution in [0.25, 0.3) is 0 Å². The number of rotatable bonds is 4. The summed E-state index contributed by atoms with van der Waals surface area (Å²) in [7, 11) is 1.44. The van der Waals surface area contributed by atoms with Crippen LogP contribution >= 0.6 is 11.6 Å². The van der Waals surface area contributed by atoms with E-state index in [0.717, 1.165) is 24.2 Å². The van der Waals surface area contributed by atoms with Crippen molar-refractivity contribution in [2.75, 3.05) is 7.11 Å². The monoisotopic (exact) mass is 313 g/mol. The molecule has 2 atom stereocenters. The van der Waals surface area contributed by atoms with Gasteiger partial charge in [0.25, 0.3) is 0 Å². The van der Waals surface area contributed by atoms with Crippen molar-refractivity contribution < 1.29 is 9.53 Å². The van der Waals surface area contributed by atoms with E-state index < -0.39 is 5.54 Å². The lowest BCUT2D eigenvalue weighted by Crippen LogP contribution is -2.53. The zero-order chi connectivity index (χ0) is 15.8. The molecule has 0 aliphatic heterocycles. The van der Waals surface area contributed by atoms with E-state index in [1.807, 2.05) is 32.4 Å². The third kappa shape index (κ3) is 2.94. The van der Waals surface area contributed by atoms with Crippen LogP contribution in [0.5, 0.6) is 0 Å². The van der Waals surface area contributed by atoms with Crippen molar-refractivity contribution >= 4 is 17.6 Å². The molecule has 6 heteroatoms. The van der Waals surface area contributed by atoms with Crippen molar-refractivity contribution in [2.45, 2.75) is 64.6 Å². The average molecular weight is 314 g/mol. The smallest absolute Gasteiger partial charge is 0.326 e. The molecule has 1 N–H and O–H groups in total. The van der Waals surface area contributed by atoms with Crippen LogP contribution in [0.15, 0.2) is 0 Å². The van der Waals surface area contributed by atoms with E-state index in [9.17, 15) is 4.79 Å². The van der Waals surface area contributed by atoms with Gasteiger partial charge in [0.2, 0.25) is 0 Å². The van der Waals surface area contributed by atoms with E-state index in [1.165, 1.54) is 7.11 Å². The van der Waals surface area contributed by atoms with E-state index in [2.05, 4.69) is 10.4 Å². The molecule has 0 saturated heterocycles. The standard InChI is InChI=1S/C15H24ClN3O2/c1-9(2)17-15(14(20)21-5)7-6-12(8-15)19-11(4)13(16)10(3)18-19/h9,12,17H,6-8H2,1-5H3. The van der Waals surface area contributed by atoms with Gasteiger partial charge in [-0.1, -0.05) is 11.6 Å². The Balaban J connectivity index is 2.27. The van der Waals surface area contributed by atoms with E-state index in [4.69, 9.17) is 16.3 Å². The first-order valence-electron chi connectivity index (χ1n) is 7.38. The molecular weight excluding hydrogens is 290 g/mol. The summed E-state index contributed by atoms with van der Waals surface area (Å²) in [5.41, 5.74) is 1.18. The minimum atomic E-state index is -0.619. The van der Waals surface area contributed by atoms with Crippen LogP contribution in [0.4, 0.5) is 0 Å². The molecule has 2 rings (SSSR count). The van der Waals surface area contributed by atoms with Gasteiger partial charge in [-0.25, -0.2) is 0 Å². The molecule has 0 radical (unpaired) electrons. The minimum absolute atomic E-state index is 0.168. The Morgan fingerprint density at radius 3 is 2.67 bits per heavy atom. The van der Waals surface area contributed by atoms with E-state index in [-0.39, 0.29) is 18.1 Å². The molecule has 0 bridgehead atoms. The molecule has 1 aromatic heterocycles. The zero-order valence-corrected chi connectivity index (χ0v) is 14.1. The summed E-state index contributed by atoms with van der Waals surface area (Å²) in [4.78, 5) is 12.3. The van der Waals surface area contributed by atoms with Crippen molar-refractivity contribution in [3.05, 3.63) is 16.4 Å². The van der Waals surface area contributed by atoms with Crippen LogP contribution in [0.3, 0.4) is 0 Å². The number of aryl methyl sites for hydroxylation is 1. The number of hydrogen-bond donors (Lipinski definition) is 1. The molecular formula is C15H24ClN3O2. The summed E-state index contributed by atoms with van der Waals surface area (Å²) in [5.74, 6) is -0.189. The number of esters is 1. The number of hydrogen-bond acceptors (Lipinski definition) is 4. The average Bonchev–Trinajstić information content (AvgIpc) is 2.95. The van der Waals surface area contributed by atoms with Crippen LogP contribution < -0.4 is 5.32 Å². The SMILES string of the molecule is COC(=O)C1(NC(C)C)CCC(n2nc(C)c(Cl)c2C)C1. The quantitative estimate of drug-likeness (QED) is 0.868. The first-order chi connectivity index (χ1) is 9.80. The maximum atomic E-state index is 12.3. The predicted octanol–water partition coefficient (Wildman–Crippen LogP) is 2.79. The number of carbonyl (C=O) groups excluding carboxylic acids is 1.